The topological polar surface area (TPSA) is 87.0 Å². The van der Waals surface area contributed by atoms with E-state index in [4.69, 9.17) is 9.84 Å². The first-order chi connectivity index (χ1) is 6.78. The van der Waals surface area contributed by atoms with Crippen LogP contribution in [0.25, 0.3) is 0 Å². The van der Waals surface area contributed by atoms with Crippen LogP contribution in [0.2, 0.25) is 0 Å². The van der Waals surface area contributed by atoms with Gasteiger partial charge in [-0.25, -0.2) is 0 Å². The van der Waals surface area contributed by atoms with Gasteiger partial charge in [0.15, 0.2) is 5.79 Å². The van der Waals surface area contributed by atoms with Crippen molar-refractivity contribution in [1.29, 1.82) is 0 Å². The smallest absolute Gasteiger partial charge is 0.303 e. The van der Waals surface area contributed by atoms with Crippen molar-refractivity contribution in [1.82, 2.24) is 0 Å². The summed E-state index contributed by atoms with van der Waals surface area (Å²) in [4.78, 5) is 10.5. The van der Waals surface area contributed by atoms with E-state index in [1.165, 1.54) is 13.8 Å². The molecule has 0 aliphatic heterocycles. The van der Waals surface area contributed by atoms with Gasteiger partial charge in [0, 0.05) is 0 Å². The molecule has 0 amide bonds. The van der Waals surface area contributed by atoms with Crippen molar-refractivity contribution < 1.29 is 24.9 Å². The molecule has 0 saturated heterocycles. The molecule has 5 heteroatoms. The summed E-state index contributed by atoms with van der Waals surface area (Å²) in [6, 6.07) is 0. The number of carboxylic acids is 1. The Kier molecular flexibility index (Phi) is 3.70. The van der Waals surface area contributed by atoms with E-state index >= 15 is 0 Å². The van der Waals surface area contributed by atoms with Gasteiger partial charge >= 0.3 is 5.97 Å². The molecule has 1 rings (SSSR count). The van der Waals surface area contributed by atoms with Crippen LogP contribution in [0.5, 0.6) is 0 Å². The number of hydrogen-bond acceptors (Lipinski definition) is 4. The summed E-state index contributed by atoms with van der Waals surface area (Å²) in [6.07, 6.45) is -0.0791. The quantitative estimate of drug-likeness (QED) is 0.592. The minimum Gasteiger partial charge on any atom is -0.481 e. The fraction of sp³-hybridized carbons (Fsp3) is 0.900. The molecule has 0 heterocycles. The molecule has 1 aliphatic carbocycles. The highest BCUT2D eigenvalue weighted by Crippen LogP contribution is 2.32. The third kappa shape index (κ3) is 4.15. The van der Waals surface area contributed by atoms with Crippen molar-refractivity contribution in [2.24, 2.45) is 5.92 Å². The van der Waals surface area contributed by atoms with Crippen molar-refractivity contribution in [2.45, 2.75) is 51.1 Å². The number of aliphatic carboxylic acids is 1. The third-order valence-electron chi connectivity index (χ3n) is 2.51. The zero-order chi connectivity index (χ0) is 11.6. The second kappa shape index (κ2) is 4.47. The second-order valence-corrected chi connectivity index (χ2v) is 4.58. The molecule has 0 bridgehead atoms. The van der Waals surface area contributed by atoms with Crippen molar-refractivity contribution in [3.63, 3.8) is 0 Å². The molecule has 15 heavy (non-hydrogen) atoms. The molecule has 3 N–H and O–H groups in total. The van der Waals surface area contributed by atoms with Gasteiger partial charge in [0.25, 0.3) is 0 Å². The minimum atomic E-state index is -1.23. The number of carbonyl (C=O) groups is 1. The van der Waals surface area contributed by atoms with E-state index in [9.17, 15) is 15.0 Å². The van der Waals surface area contributed by atoms with Crippen molar-refractivity contribution in [3.8, 4) is 0 Å². The molecule has 1 fully saturated rings. The average molecular weight is 218 g/mol. The number of rotatable bonds is 4. The summed E-state index contributed by atoms with van der Waals surface area (Å²) in [5.41, 5.74) is 0. The Morgan fingerprint density at radius 1 is 1.47 bits per heavy atom. The molecule has 0 aromatic carbocycles. The molecular weight excluding hydrogens is 200 g/mol. The minimum absolute atomic E-state index is 0.0487. The molecule has 0 unspecified atom stereocenters. The van der Waals surface area contributed by atoms with Crippen LogP contribution in [-0.2, 0) is 9.53 Å². The summed E-state index contributed by atoms with van der Waals surface area (Å²) in [6.45, 7) is 3.04. The highest BCUT2D eigenvalue weighted by Gasteiger charge is 2.37. The van der Waals surface area contributed by atoms with Gasteiger partial charge in [-0.3, -0.25) is 4.79 Å². The third-order valence-corrected chi connectivity index (χ3v) is 2.51. The monoisotopic (exact) mass is 218 g/mol. The van der Waals surface area contributed by atoms with Crippen molar-refractivity contribution in [3.05, 3.63) is 0 Å². The van der Waals surface area contributed by atoms with Crippen LogP contribution < -0.4 is 0 Å². The van der Waals surface area contributed by atoms with Crippen LogP contribution >= 0.6 is 0 Å². The molecule has 88 valence electrons. The molecule has 0 spiro atoms. The number of aliphatic hydroxyl groups excluding tert-OH is 1. The lowest BCUT2D eigenvalue weighted by Crippen LogP contribution is -2.29. The van der Waals surface area contributed by atoms with E-state index in [0.29, 0.717) is 12.8 Å². The normalized spacial score (nSPS) is 31.9. The second-order valence-electron chi connectivity index (χ2n) is 4.58. The van der Waals surface area contributed by atoms with E-state index in [0.717, 1.165) is 0 Å². The molecule has 0 radical (unpaired) electrons. The molecule has 5 nitrogen and oxygen atoms in total. The maximum Gasteiger partial charge on any atom is 0.303 e. The first kappa shape index (κ1) is 12.4. The van der Waals surface area contributed by atoms with Gasteiger partial charge in [0.05, 0.1) is 18.6 Å². The van der Waals surface area contributed by atoms with E-state index in [-0.39, 0.29) is 18.4 Å². The van der Waals surface area contributed by atoms with Crippen LogP contribution in [0.1, 0.15) is 33.1 Å². The average Bonchev–Trinajstić information content (AvgIpc) is 2.26. The fourth-order valence-corrected chi connectivity index (χ4v) is 2.00. The Labute approximate surface area is 88.7 Å². The predicted molar refractivity (Wildman–Crippen MR) is 52.2 cm³/mol. The standard InChI is InChI=1S/C10H18O5/c1-10(2,14)15-7-3-6(4-9(12)13)8(11)5-7/h6-8,11,14H,3-5H2,1-2H3,(H,12,13)/t6-,7+,8-/m1/s1. The van der Waals surface area contributed by atoms with E-state index in [1.807, 2.05) is 0 Å². The zero-order valence-electron chi connectivity index (χ0n) is 9.01. The lowest BCUT2D eigenvalue weighted by molar-refractivity contribution is -0.204. The SMILES string of the molecule is CC(C)(O)O[C@H]1C[C@H](CC(=O)O)[C@H](O)C1. The van der Waals surface area contributed by atoms with Gasteiger partial charge in [-0.05, 0) is 32.6 Å². The Bertz CT molecular complexity index is 232. The molecule has 0 aromatic rings. The largest absolute Gasteiger partial charge is 0.481 e. The van der Waals surface area contributed by atoms with Gasteiger partial charge in [0.1, 0.15) is 0 Å². The van der Waals surface area contributed by atoms with Gasteiger partial charge < -0.3 is 20.1 Å². The lowest BCUT2D eigenvalue weighted by atomic mass is 10.0. The molecule has 1 saturated carbocycles. The Morgan fingerprint density at radius 2 is 2.07 bits per heavy atom. The number of hydrogen-bond donors (Lipinski definition) is 3. The number of ether oxygens (including phenoxy) is 1. The molecule has 1 aliphatic rings. The van der Waals surface area contributed by atoms with Crippen LogP contribution in [0.3, 0.4) is 0 Å². The van der Waals surface area contributed by atoms with Crippen molar-refractivity contribution >= 4 is 5.97 Å². The fourth-order valence-electron chi connectivity index (χ4n) is 2.00. The highest BCUT2D eigenvalue weighted by atomic mass is 16.6. The van der Waals surface area contributed by atoms with Gasteiger partial charge in [-0.2, -0.15) is 0 Å². The summed E-state index contributed by atoms with van der Waals surface area (Å²) >= 11 is 0. The summed E-state index contributed by atoms with van der Waals surface area (Å²) < 4.78 is 5.28. The molecular formula is C10H18O5. The number of aliphatic hydroxyl groups is 2. The lowest BCUT2D eigenvalue weighted by Gasteiger charge is -2.23. The van der Waals surface area contributed by atoms with Crippen LogP contribution in [0.4, 0.5) is 0 Å². The molecule has 3 atom stereocenters. The zero-order valence-corrected chi connectivity index (χ0v) is 9.01. The molecule has 0 aromatic heterocycles. The Balaban J connectivity index is 2.45. The van der Waals surface area contributed by atoms with Gasteiger partial charge in [0.2, 0.25) is 0 Å². The summed E-state index contributed by atoms with van der Waals surface area (Å²) in [7, 11) is 0. The Morgan fingerprint density at radius 3 is 2.53 bits per heavy atom. The maximum atomic E-state index is 10.5. The van der Waals surface area contributed by atoms with Crippen molar-refractivity contribution in [2.75, 3.05) is 0 Å². The van der Waals surface area contributed by atoms with Gasteiger partial charge in [-0.15, -0.1) is 0 Å². The van der Waals surface area contributed by atoms with Gasteiger partial charge in [-0.1, -0.05) is 0 Å². The van der Waals surface area contributed by atoms with Crippen LogP contribution in [0, 0.1) is 5.92 Å². The van der Waals surface area contributed by atoms with E-state index in [2.05, 4.69) is 0 Å². The maximum absolute atomic E-state index is 10.5. The van der Waals surface area contributed by atoms with Crippen LogP contribution in [-0.4, -0.2) is 39.3 Å². The van der Waals surface area contributed by atoms with E-state index < -0.39 is 17.9 Å². The van der Waals surface area contributed by atoms with Crippen LogP contribution in [0.15, 0.2) is 0 Å². The van der Waals surface area contributed by atoms with E-state index in [1.54, 1.807) is 0 Å². The summed E-state index contributed by atoms with van der Waals surface area (Å²) in [5.74, 6) is -2.42. The Hall–Kier alpha value is -0.650. The first-order valence-electron chi connectivity index (χ1n) is 5.08. The summed E-state index contributed by atoms with van der Waals surface area (Å²) in [5, 5.41) is 27.6. The highest BCUT2D eigenvalue weighted by molar-refractivity contribution is 5.67. The predicted octanol–water partition coefficient (Wildman–Crippen LogP) is 0.346. The first-order valence-corrected chi connectivity index (χ1v) is 5.08. The number of carboxylic acid groups (broad SMARTS) is 1.